The van der Waals surface area contributed by atoms with Gasteiger partial charge in [0.15, 0.2) is 0 Å². The molecule has 1 saturated carbocycles. The lowest BCUT2D eigenvalue weighted by atomic mass is 9.78. The van der Waals surface area contributed by atoms with Gasteiger partial charge in [-0.2, -0.15) is 0 Å². The quantitative estimate of drug-likeness (QED) is 0.681. The summed E-state index contributed by atoms with van der Waals surface area (Å²) in [5, 5.41) is 4.23. The number of ether oxygens (including phenoxy) is 1. The van der Waals surface area contributed by atoms with E-state index in [1.807, 2.05) is 39.0 Å². The Balaban J connectivity index is 1.38. The van der Waals surface area contributed by atoms with E-state index in [2.05, 4.69) is 22.0 Å². The number of alkyl carbamates (subject to hydrolysis) is 1. The van der Waals surface area contributed by atoms with Gasteiger partial charge >= 0.3 is 6.09 Å². The third-order valence-corrected chi connectivity index (χ3v) is 6.57. The van der Waals surface area contributed by atoms with Crippen LogP contribution in [0.3, 0.4) is 0 Å². The molecule has 1 saturated heterocycles. The first-order chi connectivity index (χ1) is 13.6. The lowest BCUT2D eigenvalue weighted by Gasteiger charge is -2.43. The molecule has 0 radical (unpaired) electrons. The molecule has 0 aromatic heterocycles. The minimum absolute atomic E-state index is 0.260. The van der Waals surface area contributed by atoms with Crippen molar-refractivity contribution in [2.24, 2.45) is 5.92 Å². The summed E-state index contributed by atoms with van der Waals surface area (Å²) in [5.74, 6) is 0.686. The van der Waals surface area contributed by atoms with Crippen molar-refractivity contribution >= 4 is 35.0 Å². The summed E-state index contributed by atoms with van der Waals surface area (Å²) < 4.78 is 5.33. The molecule has 7 heteroatoms. The number of carbonyl (C=O) groups excluding carboxylic acids is 1. The highest BCUT2D eigenvalue weighted by Crippen LogP contribution is 2.35. The molecule has 0 bridgehead atoms. The zero-order valence-corrected chi connectivity index (χ0v) is 19.4. The maximum absolute atomic E-state index is 11.8. The van der Waals surface area contributed by atoms with E-state index >= 15 is 0 Å². The van der Waals surface area contributed by atoms with Crippen LogP contribution in [0.5, 0.6) is 0 Å². The highest BCUT2D eigenvalue weighted by Gasteiger charge is 2.32. The van der Waals surface area contributed by atoms with Crippen LogP contribution in [0.2, 0.25) is 10.0 Å². The van der Waals surface area contributed by atoms with Gasteiger partial charge in [-0.25, -0.2) is 4.79 Å². The maximum atomic E-state index is 11.8. The zero-order valence-electron chi connectivity index (χ0n) is 17.9. The number of benzene rings is 1. The highest BCUT2D eigenvalue weighted by atomic mass is 35.5. The first-order valence-electron chi connectivity index (χ1n) is 10.5. The molecule has 0 unspecified atom stereocenters. The Bertz CT molecular complexity index is 716. The van der Waals surface area contributed by atoms with Gasteiger partial charge < -0.3 is 15.0 Å². The summed E-state index contributed by atoms with van der Waals surface area (Å²) in [6, 6.07) is 6.49. The molecule has 1 amide bonds. The first kappa shape index (κ1) is 22.5. The molecule has 2 aliphatic rings. The molecule has 1 N–H and O–H groups in total. The minimum atomic E-state index is -0.443. The van der Waals surface area contributed by atoms with Gasteiger partial charge in [0.25, 0.3) is 0 Å². The van der Waals surface area contributed by atoms with E-state index in [0.717, 1.165) is 44.7 Å². The fraction of sp³-hybridized carbons (Fsp3) is 0.682. The van der Waals surface area contributed by atoms with E-state index in [9.17, 15) is 4.79 Å². The standard InChI is InChI=1S/C22H33Cl2N3O2/c1-15-14-26(10-11-27(15)19-7-5-6-18(23)20(19)24)9-8-16-12-17(13-16)25-21(28)29-22(2,3)4/h5-7,15-17H,8-14H2,1-4H3,(H,25,28)/t15-,16-,17+/m1/s1. The van der Waals surface area contributed by atoms with Crippen molar-refractivity contribution in [2.45, 2.75) is 64.6 Å². The van der Waals surface area contributed by atoms with Crippen LogP contribution >= 0.6 is 23.2 Å². The number of halogens is 2. The number of nitrogens with one attached hydrogen (secondary N) is 1. The third kappa shape index (κ3) is 6.16. The van der Waals surface area contributed by atoms with Crippen molar-refractivity contribution in [1.82, 2.24) is 10.2 Å². The second kappa shape index (κ2) is 9.32. The Kier molecular flexibility index (Phi) is 7.23. The monoisotopic (exact) mass is 441 g/mol. The first-order valence-corrected chi connectivity index (χ1v) is 11.3. The fourth-order valence-electron chi connectivity index (χ4n) is 4.24. The fourth-order valence-corrected chi connectivity index (χ4v) is 4.64. The van der Waals surface area contributed by atoms with E-state index in [4.69, 9.17) is 27.9 Å². The van der Waals surface area contributed by atoms with Crippen LogP contribution in [0, 0.1) is 5.92 Å². The second-order valence-electron chi connectivity index (χ2n) is 9.39. The summed E-state index contributed by atoms with van der Waals surface area (Å²) in [4.78, 5) is 16.7. The van der Waals surface area contributed by atoms with Gasteiger partial charge in [0.2, 0.25) is 0 Å². The number of amides is 1. The van der Waals surface area contributed by atoms with E-state index in [0.29, 0.717) is 22.0 Å². The van der Waals surface area contributed by atoms with E-state index < -0.39 is 5.60 Å². The molecule has 162 valence electrons. The molecule has 1 aromatic carbocycles. The zero-order chi connectivity index (χ0) is 21.2. The topological polar surface area (TPSA) is 44.8 Å². The summed E-state index contributed by atoms with van der Waals surface area (Å²) in [7, 11) is 0. The van der Waals surface area contributed by atoms with Gasteiger partial charge in [-0.15, -0.1) is 0 Å². The van der Waals surface area contributed by atoms with Crippen molar-refractivity contribution in [3.8, 4) is 0 Å². The summed E-state index contributed by atoms with van der Waals surface area (Å²) in [6.45, 7) is 12.0. The Morgan fingerprint density at radius 1 is 1.24 bits per heavy atom. The van der Waals surface area contributed by atoms with Crippen LogP contribution in [0.1, 0.15) is 47.0 Å². The Morgan fingerprint density at radius 3 is 2.62 bits per heavy atom. The number of nitrogens with zero attached hydrogens (tertiary/aromatic N) is 2. The van der Waals surface area contributed by atoms with Gasteiger partial charge in [0, 0.05) is 31.7 Å². The van der Waals surface area contributed by atoms with Gasteiger partial charge in [0.05, 0.1) is 15.7 Å². The van der Waals surface area contributed by atoms with Crippen LogP contribution in [-0.2, 0) is 4.74 Å². The predicted molar refractivity (Wildman–Crippen MR) is 120 cm³/mol. The third-order valence-electron chi connectivity index (χ3n) is 5.76. The Morgan fingerprint density at radius 2 is 1.97 bits per heavy atom. The second-order valence-corrected chi connectivity index (χ2v) is 10.2. The molecule has 1 atom stereocenters. The molecule has 3 rings (SSSR count). The molecule has 1 aromatic rings. The molecule has 5 nitrogen and oxygen atoms in total. The summed E-state index contributed by atoms with van der Waals surface area (Å²) in [6.07, 6.45) is 2.97. The number of carbonyl (C=O) groups is 1. The summed E-state index contributed by atoms with van der Waals surface area (Å²) >= 11 is 12.6. The summed E-state index contributed by atoms with van der Waals surface area (Å²) in [5.41, 5.74) is 0.586. The van der Waals surface area contributed by atoms with E-state index in [1.54, 1.807) is 0 Å². The lowest BCUT2D eigenvalue weighted by Crippen LogP contribution is -2.53. The normalized spacial score (nSPS) is 25.4. The van der Waals surface area contributed by atoms with Crippen LogP contribution < -0.4 is 10.2 Å². The Labute approximate surface area is 184 Å². The largest absolute Gasteiger partial charge is 0.444 e. The number of hydrogen-bond donors (Lipinski definition) is 1. The van der Waals surface area contributed by atoms with Crippen LogP contribution in [-0.4, -0.2) is 54.9 Å². The molecule has 29 heavy (non-hydrogen) atoms. The maximum Gasteiger partial charge on any atom is 0.407 e. The average Bonchev–Trinajstić information content (AvgIpc) is 2.58. The number of anilines is 1. The van der Waals surface area contributed by atoms with Crippen molar-refractivity contribution in [3.05, 3.63) is 28.2 Å². The SMILES string of the molecule is C[C@@H]1CN(CC[C@H]2C[C@@H](NC(=O)OC(C)(C)C)C2)CCN1c1cccc(Cl)c1Cl. The van der Waals surface area contributed by atoms with Gasteiger partial charge in [-0.1, -0.05) is 29.3 Å². The van der Waals surface area contributed by atoms with Crippen LogP contribution in [0.25, 0.3) is 0 Å². The van der Waals surface area contributed by atoms with Gasteiger partial charge in [-0.3, -0.25) is 4.90 Å². The molecule has 2 fully saturated rings. The minimum Gasteiger partial charge on any atom is -0.444 e. The molecular weight excluding hydrogens is 409 g/mol. The van der Waals surface area contributed by atoms with Crippen LogP contribution in [0.4, 0.5) is 10.5 Å². The van der Waals surface area contributed by atoms with Crippen LogP contribution in [0.15, 0.2) is 18.2 Å². The lowest BCUT2D eigenvalue weighted by molar-refractivity contribution is 0.0444. The van der Waals surface area contributed by atoms with Gasteiger partial charge in [0.1, 0.15) is 5.60 Å². The smallest absolute Gasteiger partial charge is 0.407 e. The number of rotatable bonds is 5. The van der Waals surface area contributed by atoms with Crippen molar-refractivity contribution in [3.63, 3.8) is 0 Å². The number of hydrogen-bond acceptors (Lipinski definition) is 4. The van der Waals surface area contributed by atoms with Crippen molar-refractivity contribution in [2.75, 3.05) is 31.1 Å². The average molecular weight is 442 g/mol. The van der Waals surface area contributed by atoms with Crippen molar-refractivity contribution in [1.29, 1.82) is 0 Å². The van der Waals surface area contributed by atoms with E-state index in [-0.39, 0.29) is 12.1 Å². The molecule has 0 spiro atoms. The van der Waals surface area contributed by atoms with Crippen molar-refractivity contribution < 1.29 is 9.53 Å². The van der Waals surface area contributed by atoms with E-state index in [1.165, 1.54) is 6.42 Å². The highest BCUT2D eigenvalue weighted by molar-refractivity contribution is 6.43. The number of piperazine rings is 1. The molecule has 1 heterocycles. The van der Waals surface area contributed by atoms with Gasteiger partial charge in [-0.05, 0) is 71.6 Å². The Hall–Kier alpha value is -1.17. The molecule has 1 aliphatic carbocycles. The predicted octanol–water partition coefficient (Wildman–Crippen LogP) is 5.20. The molecule has 1 aliphatic heterocycles. The molecular formula is C22H33Cl2N3O2.